The first-order chi connectivity index (χ1) is 10.1. The SMILES string of the molecule is N#Cc1ccc(NC(=O)CCCN2C(=O)CCC2=O)cc1. The standard InChI is InChI=1S/C15H15N3O3/c16-10-11-3-5-12(6-4-11)17-13(19)2-1-9-18-14(20)7-8-15(18)21/h3-6H,1-2,7-9H2,(H,17,19). The minimum Gasteiger partial charge on any atom is -0.326 e. The van der Waals surface area contributed by atoms with Crippen LogP contribution in [-0.2, 0) is 14.4 Å². The van der Waals surface area contributed by atoms with Gasteiger partial charge in [0, 0.05) is 31.5 Å². The van der Waals surface area contributed by atoms with Crippen molar-refractivity contribution >= 4 is 23.4 Å². The van der Waals surface area contributed by atoms with E-state index < -0.39 is 0 Å². The van der Waals surface area contributed by atoms with Crippen molar-refractivity contribution < 1.29 is 14.4 Å². The van der Waals surface area contributed by atoms with Crippen LogP contribution in [0.3, 0.4) is 0 Å². The van der Waals surface area contributed by atoms with Crippen LogP contribution >= 0.6 is 0 Å². The van der Waals surface area contributed by atoms with E-state index in [0.717, 1.165) is 0 Å². The second-order valence-electron chi connectivity index (χ2n) is 4.78. The number of imide groups is 1. The number of hydrogen-bond donors (Lipinski definition) is 1. The van der Waals surface area contributed by atoms with Gasteiger partial charge in [-0.3, -0.25) is 19.3 Å². The van der Waals surface area contributed by atoms with E-state index in [0.29, 0.717) is 24.2 Å². The fourth-order valence-corrected chi connectivity index (χ4v) is 2.12. The molecule has 2 rings (SSSR count). The van der Waals surface area contributed by atoms with Crippen LogP contribution < -0.4 is 5.32 Å². The predicted octanol–water partition coefficient (Wildman–Crippen LogP) is 1.43. The van der Waals surface area contributed by atoms with E-state index in [2.05, 4.69) is 5.32 Å². The lowest BCUT2D eigenvalue weighted by molar-refractivity contribution is -0.138. The monoisotopic (exact) mass is 285 g/mol. The van der Waals surface area contributed by atoms with E-state index >= 15 is 0 Å². The zero-order chi connectivity index (χ0) is 15.2. The summed E-state index contributed by atoms with van der Waals surface area (Å²) in [5, 5.41) is 11.4. The molecule has 21 heavy (non-hydrogen) atoms. The Morgan fingerprint density at radius 2 is 1.81 bits per heavy atom. The molecule has 6 nitrogen and oxygen atoms in total. The van der Waals surface area contributed by atoms with Crippen molar-refractivity contribution in [3.05, 3.63) is 29.8 Å². The molecule has 1 N–H and O–H groups in total. The second kappa shape index (κ2) is 6.66. The highest BCUT2D eigenvalue weighted by atomic mass is 16.2. The maximum absolute atomic E-state index is 11.7. The molecule has 1 aliphatic rings. The summed E-state index contributed by atoms with van der Waals surface area (Å²) in [6.45, 7) is 0.290. The van der Waals surface area contributed by atoms with Crippen molar-refractivity contribution in [2.75, 3.05) is 11.9 Å². The molecule has 0 saturated carbocycles. The molecule has 108 valence electrons. The molecule has 1 aliphatic heterocycles. The minimum atomic E-state index is -0.182. The van der Waals surface area contributed by atoms with Crippen molar-refractivity contribution in [1.82, 2.24) is 4.90 Å². The number of hydrogen-bond acceptors (Lipinski definition) is 4. The van der Waals surface area contributed by atoms with Gasteiger partial charge in [0.2, 0.25) is 17.7 Å². The van der Waals surface area contributed by atoms with E-state index in [9.17, 15) is 14.4 Å². The average Bonchev–Trinajstić information content (AvgIpc) is 2.80. The van der Waals surface area contributed by atoms with Crippen molar-refractivity contribution in [2.45, 2.75) is 25.7 Å². The molecule has 1 heterocycles. The molecule has 6 heteroatoms. The van der Waals surface area contributed by atoms with E-state index in [1.54, 1.807) is 24.3 Å². The van der Waals surface area contributed by atoms with Crippen LogP contribution in [-0.4, -0.2) is 29.2 Å². The van der Waals surface area contributed by atoms with Gasteiger partial charge in [-0.2, -0.15) is 5.26 Å². The number of rotatable bonds is 5. The van der Waals surface area contributed by atoms with Gasteiger partial charge in [0.25, 0.3) is 0 Å². The molecule has 1 fully saturated rings. The summed E-state index contributed by atoms with van der Waals surface area (Å²) in [5.74, 6) is -0.501. The fraction of sp³-hybridized carbons (Fsp3) is 0.333. The van der Waals surface area contributed by atoms with Crippen molar-refractivity contribution in [1.29, 1.82) is 5.26 Å². The van der Waals surface area contributed by atoms with Crippen LogP contribution in [0.25, 0.3) is 0 Å². The first-order valence-electron chi connectivity index (χ1n) is 6.73. The lowest BCUT2D eigenvalue weighted by atomic mass is 10.2. The Hall–Kier alpha value is -2.68. The summed E-state index contributed by atoms with van der Waals surface area (Å²) >= 11 is 0. The summed E-state index contributed by atoms with van der Waals surface area (Å²) in [4.78, 5) is 35.7. The maximum Gasteiger partial charge on any atom is 0.229 e. The van der Waals surface area contributed by atoms with Crippen molar-refractivity contribution in [3.8, 4) is 6.07 Å². The van der Waals surface area contributed by atoms with Gasteiger partial charge >= 0.3 is 0 Å². The Labute approximate surface area is 122 Å². The predicted molar refractivity (Wildman–Crippen MR) is 75.0 cm³/mol. The van der Waals surface area contributed by atoms with Gasteiger partial charge in [-0.05, 0) is 30.7 Å². The molecular formula is C15H15N3O3. The van der Waals surface area contributed by atoms with Gasteiger partial charge < -0.3 is 5.32 Å². The largest absolute Gasteiger partial charge is 0.326 e. The number of carbonyl (C=O) groups excluding carboxylic acids is 3. The Morgan fingerprint density at radius 3 is 2.38 bits per heavy atom. The fourth-order valence-electron chi connectivity index (χ4n) is 2.12. The number of anilines is 1. The van der Waals surface area contributed by atoms with Gasteiger partial charge in [0.15, 0.2) is 0 Å². The first-order valence-corrected chi connectivity index (χ1v) is 6.73. The van der Waals surface area contributed by atoms with E-state index in [4.69, 9.17) is 5.26 Å². The van der Waals surface area contributed by atoms with Crippen LogP contribution in [0.2, 0.25) is 0 Å². The van der Waals surface area contributed by atoms with Crippen molar-refractivity contribution in [2.24, 2.45) is 0 Å². The van der Waals surface area contributed by atoms with Crippen LogP contribution in [0.4, 0.5) is 5.69 Å². The Morgan fingerprint density at radius 1 is 1.19 bits per heavy atom. The third-order valence-electron chi connectivity index (χ3n) is 3.24. The summed E-state index contributed by atoms with van der Waals surface area (Å²) in [6, 6.07) is 8.56. The number of nitrogens with one attached hydrogen (secondary N) is 1. The van der Waals surface area contributed by atoms with Crippen LogP contribution in [0.1, 0.15) is 31.2 Å². The molecule has 0 aromatic heterocycles. The summed E-state index contributed by atoms with van der Waals surface area (Å²) in [7, 11) is 0. The second-order valence-corrected chi connectivity index (χ2v) is 4.78. The highest BCUT2D eigenvalue weighted by molar-refractivity contribution is 6.02. The molecule has 0 atom stereocenters. The molecule has 0 unspecified atom stereocenters. The maximum atomic E-state index is 11.7. The zero-order valence-corrected chi connectivity index (χ0v) is 11.5. The number of nitrogens with zero attached hydrogens (tertiary/aromatic N) is 2. The van der Waals surface area contributed by atoms with Crippen LogP contribution in [0, 0.1) is 11.3 Å². The lowest BCUT2D eigenvalue weighted by Gasteiger charge is -2.13. The Kier molecular flexibility index (Phi) is 4.67. The topological polar surface area (TPSA) is 90.3 Å². The first kappa shape index (κ1) is 14.7. The number of amides is 3. The van der Waals surface area contributed by atoms with Gasteiger partial charge in [-0.15, -0.1) is 0 Å². The van der Waals surface area contributed by atoms with E-state index in [1.807, 2.05) is 6.07 Å². The zero-order valence-electron chi connectivity index (χ0n) is 11.5. The Balaban J connectivity index is 1.76. The van der Waals surface area contributed by atoms with E-state index in [1.165, 1.54) is 4.90 Å². The number of nitriles is 1. The summed E-state index contributed by atoms with van der Waals surface area (Å²) < 4.78 is 0. The quantitative estimate of drug-likeness (QED) is 0.828. The third kappa shape index (κ3) is 3.89. The van der Waals surface area contributed by atoms with Gasteiger partial charge in [-0.25, -0.2) is 0 Å². The molecule has 0 bridgehead atoms. The normalized spacial score (nSPS) is 14.1. The smallest absolute Gasteiger partial charge is 0.229 e. The minimum absolute atomic E-state index is 0.160. The molecule has 1 saturated heterocycles. The van der Waals surface area contributed by atoms with E-state index in [-0.39, 0.29) is 37.0 Å². The highest BCUT2D eigenvalue weighted by Crippen LogP contribution is 2.13. The molecule has 0 aliphatic carbocycles. The van der Waals surface area contributed by atoms with Crippen molar-refractivity contribution in [3.63, 3.8) is 0 Å². The number of benzene rings is 1. The molecular weight excluding hydrogens is 270 g/mol. The Bertz CT molecular complexity index is 586. The third-order valence-corrected chi connectivity index (χ3v) is 3.24. The highest BCUT2D eigenvalue weighted by Gasteiger charge is 2.28. The van der Waals surface area contributed by atoms with Crippen LogP contribution in [0.15, 0.2) is 24.3 Å². The number of likely N-dealkylation sites (tertiary alicyclic amines) is 1. The molecule has 0 spiro atoms. The summed E-state index contributed by atoms with van der Waals surface area (Å²) in [6.07, 6.45) is 1.23. The molecule has 0 radical (unpaired) electrons. The van der Waals surface area contributed by atoms with Gasteiger partial charge in [-0.1, -0.05) is 0 Å². The molecule has 1 aromatic rings. The summed E-state index contributed by atoms with van der Waals surface area (Å²) in [5.41, 5.74) is 1.14. The molecule has 3 amide bonds. The van der Waals surface area contributed by atoms with Gasteiger partial charge in [0.1, 0.15) is 0 Å². The van der Waals surface area contributed by atoms with Crippen LogP contribution in [0.5, 0.6) is 0 Å². The van der Waals surface area contributed by atoms with Gasteiger partial charge in [0.05, 0.1) is 11.6 Å². The lowest BCUT2D eigenvalue weighted by Crippen LogP contribution is -2.30. The average molecular weight is 285 g/mol. The number of carbonyl (C=O) groups is 3. The molecule has 1 aromatic carbocycles.